The maximum absolute atomic E-state index is 6.25. The van der Waals surface area contributed by atoms with Crippen LogP contribution in [0.5, 0.6) is 23.0 Å². The quantitative estimate of drug-likeness (QED) is 0.179. The van der Waals surface area contributed by atoms with Crippen LogP contribution >= 0.6 is 0 Å². The van der Waals surface area contributed by atoms with Crippen LogP contribution in [0.2, 0.25) is 0 Å². The predicted molar refractivity (Wildman–Crippen MR) is 182 cm³/mol. The molecular formula is C40H42N2O2. The number of anilines is 2. The second kappa shape index (κ2) is 12.5. The first-order valence-electron chi connectivity index (χ1n) is 15.7. The summed E-state index contributed by atoms with van der Waals surface area (Å²) in [7, 11) is 0. The van der Waals surface area contributed by atoms with E-state index in [0.717, 1.165) is 77.6 Å². The molecule has 4 heteroatoms. The molecule has 0 radical (unpaired) electrons. The smallest absolute Gasteiger partial charge is 0.130 e. The first-order chi connectivity index (χ1) is 21.3. The Labute approximate surface area is 261 Å². The van der Waals surface area contributed by atoms with E-state index in [9.17, 15) is 0 Å². The van der Waals surface area contributed by atoms with E-state index in [1.165, 1.54) is 22.3 Å². The monoisotopic (exact) mass is 582 g/mol. The third-order valence-electron chi connectivity index (χ3n) is 9.34. The van der Waals surface area contributed by atoms with Gasteiger partial charge in [0.2, 0.25) is 0 Å². The van der Waals surface area contributed by atoms with Gasteiger partial charge in [-0.1, -0.05) is 55.5 Å². The van der Waals surface area contributed by atoms with E-state index >= 15 is 0 Å². The lowest BCUT2D eigenvalue weighted by atomic mass is 9.62. The summed E-state index contributed by atoms with van der Waals surface area (Å²) >= 11 is 0. The number of benzene rings is 5. The van der Waals surface area contributed by atoms with Gasteiger partial charge in [0.15, 0.2) is 0 Å². The third-order valence-corrected chi connectivity index (χ3v) is 9.34. The normalized spacial score (nSPS) is 14.7. The molecule has 0 saturated heterocycles. The van der Waals surface area contributed by atoms with Crippen LogP contribution in [0.4, 0.5) is 11.4 Å². The van der Waals surface area contributed by atoms with Crippen LogP contribution in [0.25, 0.3) is 0 Å². The van der Waals surface area contributed by atoms with Crippen LogP contribution in [0.15, 0.2) is 109 Å². The van der Waals surface area contributed by atoms with Crippen molar-refractivity contribution in [2.45, 2.75) is 64.2 Å². The molecule has 0 aliphatic heterocycles. The Bertz CT molecular complexity index is 1630. The molecule has 4 N–H and O–H groups in total. The van der Waals surface area contributed by atoms with Crippen molar-refractivity contribution in [1.29, 1.82) is 0 Å². The van der Waals surface area contributed by atoms with Crippen LogP contribution in [-0.2, 0) is 11.8 Å². The fourth-order valence-electron chi connectivity index (χ4n) is 6.77. The van der Waals surface area contributed by atoms with Crippen LogP contribution in [0.1, 0.15) is 71.9 Å². The van der Waals surface area contributed by atoms with E-state index in [1.54, 1.807) is 0 Å². The Balaban J connectivity index is 1.29. The van der Waals surface area contributed by atoms with E-state index in [0.29, 0.717) is 5.92 Å². The van der Waals surface area contributed by atoms with Crippen LogP contribution in [0.3, 0.4) is 0 Å². The molecule has 1 saturated carbocycles. The van der Waals surface area contributed by atoms with E-state index < -0.39 is 0 Å². The van der Waals surface area contributed by atoms with Gasteiger partial charge in [-0.2, -0.15) is 0 Å². The van der Waals surface area contributed by atoms with Gasteiger partial charge in [0, 0.05) is 16.8 Å². The topological polar surface area (TPSA) is 70.5 Å². The van der Waals surface area contributed by atoms with E-state index in [2.05, 4.69) is 79.7 Å². The van der Waals surface area contributed by atoms with Crippen LogP contribution in [0, 0.1) is 13.8 Å². The molecular weight excluding hydrogens is 540 g/mol. The highest BCUT2D eigenvalue weighted by atomic mass is 16.5. The molecule has 0 unspecified atom stereocenters. The highest BCUT2D eigenvalue weighted by molar-refractivity contribution is 5.51. The summed E-state index contributed by atoms with van der Waals surface area (Å²) in [5.74, 6) is 3.86. The van der Waals surface area contributed by atoms with Crippen LogP contribution < -0.4 is 20.9 Å². The molecule has 0 spiro atoms. The van der Waals surface area contributed by atoms with E-state index in [1.807, 2.05) is 50.2 Å². The minimum absolute atomic E-state index is 0.0931. The zero-order valence-corrected chi connectivity index (χ0v) is 26.0. The zero-order chi connectivity index (χ0) is 30.7. The SMILES string of the molecule is CCc1cccc(C2CCC(c3ccc(Oc4ccc(N)cc4C)cc3)(c3ccc(Oc4ccc(N)cc4C)cc3)CC2)c1. The van der Waals surface area contributed by atoms with Crippen molar-refractivity contribution in [2.75, 3.05) is 11.5 Å². The van der Waals surface area contributed by atoms with Crippen molar-refractivity contribution in [3.63, 3.8) is 0 Å². The molecule has 5 aromatic rings. The number of nitrogens with two attached hydrogens (primary N) is 2. The Kier molecular flexibility index (Phi) is 8.34. The van der Waals surface area contributed by atoms with Crippen molar-refractivity contribution in [1.82, 2.24) is 0 Å². The van der Waals surface area contributed by atoms with Crippen LogP contribution in [-0.4, -0.2) is 0 Å². The molecule has 0 atom stereocenters. The number of rotatable bonds is 8. The van der Waals surface area contributed by atoms with Gasteiger partial charge in [0.25, 0.3) is 0 Å². The number of aryl methyl sites for hydroxylation is 3. The van der Waals surface area contributed by atoms with E-state index in [4.69, 9.17) is 20.9 Å². The first kappa shape index (κ1) is 29.4. The second-order valence-corrected chi connectivity index (χ2v) is 12.3. The summed E-state index contributed by atoms with van der Waals surface area (Å²) in [5.41, 5.74) is 20.9. The molecule has 0 bridgehead atoms. The standard InChI is InChI=1S/C40H42N2O2/c1-4-29-6-5-7-31(26-29)30-20-22-40(23-21-30,32-8-14-36(15-9-32)43-38-18-12-34(41)24-27(38)2)33-10-16-37(17-11-33)44-39-19-13-35(42)25-28(39)3/h5-19,24-26,30H,4,20-23,41-42H2,1-3H3. The van der Waals surface area contributed by atoms with Gasteiger partial charge in [-0.05, 0) is 146 Å². The predicted octanol–water partition coefficient (Wildman–Crippen LogP) is 10.3. The Morgan fingerprint density at radius 3 is 1.59 bits per heavy atom. The summed E-state index contributed by atoms with van der Waals surface area (Å²) in [6.07, 6.45) is 5.49. The van der Waals surface area contributed by atoms with Crippen molar-refractivity contribution in [3.8, 4) is 23.0 Å². The number of hydrogen-bond donors (Lipinski definition) is 2. The molecule has 44 heavy (non-hydrogen) atoms. The van der Waals surface area contributed by atoms with E-state index in [-0.39, 0.29) is 5.41 Å². The van der Waals surface area contributed by atoms with Gasteiger partial charge in [-0.25, -0.2) is 0 Å². The zero-order valence-electron chi connectivity index (χ0n) is 26.0. The molecule has 0 aromatic heterocycles. The summed E-state index contributed by atoms with van der Waals surface area (Å²) < 4.78 is 12.5. The molecule has 0 amide bonds. The van der Waals surface area contributed by atoms with Crippen molar-refractivity contribution in [3.05, 3.63) is 143 Å². The Hall–Kier alpha value is -4.70. The van der Waals surface area contributed by atoms with Gasteiger partial charge in [0.05, 0.1) is 0 Å². The fourth-order valence-corrected chi connectivity index (χ4v) is 6.77. The summed E-state index contributed by atoms with van der Waals surface area (Å²) in [6.45, 7) is 6.27. The van der Waals surface area contributed by atoms with Gasteiger partial charge < -0.3 is 20.9 Å². The lowest BCUT2D eigenvalue weighted by molar-refractivity contribution is 0.314. The largest absolute Gasteiger partial charge is 0.457 e. The number of ether oxygens (including phenoxy) is 2. The Morgan fingerprint density at radius 2 is 1.14 bits per heavy atom. The minimum Gasteiger partial charge on any atom is -0.457 e. The lowest BCUT2D eigenvalue weighted by Crippen LogP contribution is -2.32. The maximum atomic E-state index is 6.25. The summed E-state index contributed by atoms with van der Waals surface area (Å²) in [5, 5.41) is 0. The number of hydrogen-bond acceptors (Lipinski definition) is 4. The second-order valence-electron chi connectivity index (χ2n) is 12.3. The maximum Gasteiger partial charge on any atom is 0.130 e. The molecule has 5 aromatic carbocycles. The molecule has 1 fully saturated rings. The fraction of sp³-hybridized carbons (Fsp3) is 0.250. The molecule has 4 nitrogen and oxygen atoms in total. The molecule has 224 valence electrons. The highest BCUT2D eigenvalue weighted by Crippen LogP contribution is 2.50. The summed E-state index contributed by atoms with van der Waals surface area (Å²) in [4.78, 5) is 0. The van der Waals surface area contributed by atoms with Crippen molar-refractivity contribution >= 4 is 11.4 Å². The molecule has 6 rings (SSSR count). The first-order valence-corrected chi connectivity index (χ1v) is 15.7. The third kappa shape index (κ3) is 6.16. The highest BCUT2D eigenvalue weighted by Gasteiger charge is 2.39. The molecule has 1 aliphatic rings. The summed E-state index contributed by atoms with van der Waals surface area (Å²) in [6, 6.07) is 38.1. The van der Waals surface area contributed by atoms with Gasteiger partial charge in [-0.15, -0.1) is 0 Å². The van der Waals surface area contributed by atoms with Crippen molar-refractivity contribution < 1.29 is 9.47 Å². The Morgan fingerprint density at radius 1 is 0.636 bits per heavy atom. The number of nitrogen functional groups attached to an aromatic ring is 2. The minimum atomic E-state index is -0.0931. The molecule has 1 aliphatic carbocycles. The van der Waals surface area contributed by atoms with Gasteiger partial charge >= 0.3 is 0 Å². The van der Waals surface area contributed by atoms with Crippen molar-refractivity contribution in [2.24, 2.45) is 0 Å². The van der Waals surface area contributed by atoms with Gasteiger partial charge in [-0.3, -0.25) is 0 Å². The average molecular weight is 583 g/mol. The van der Waals surface area contributed by atoms with Gasteiger partial charge in [0.1, 0.15) is 23.0 Å². The molecule has 0 heterocycles. The lowest BCUT2D eigenvalue weighted by Gasteiger charge is -2.42. The average Bonchev–Trinajstić information content (AvgIpc) is 3.04.